The highest BCUT2D eigenvalue weighted by atomic mass is 35.5. The van der Waals surface area contributed by atoms with Gasteiger partial charge >= 0.3 is 0 Å². The average Bonchev–Trinajstić information content (AvgIpc) is 3.06. The smallest absolute Gasteiger partial charge is 0.251 e. The molecule has 1 atom stereocenters. The summed E-state index contributed by atoms with van der Waals surface area (Å²) >= 11 is 13.6. The van der Waals surface area contributed by atoms with Crippen molar-refractivity contribution in [3.63, 3.8) is 0 Å². The highest BCUT2D eigenvalue weighted by Gasteiger charge is 2.25. The van der Waals surface area contributed by atoms with E-state index in [1.807, 2.05) is 54.9 Å². The third-order valence-corrected chi connectivity index (χ3v) is 6.56. The molecule has 3 aromatic rings. The summed E-state index contributed by atoms with van der Waals surface area (Å²) in [6.07, 6.45) is 0. The lowest BCUT2D eigenvalue weighted by Crippen LogP contribution is -2.33. The highest BCUT2D eigenvalue weighted by Crippen LogP contribution is 2.29. The largest absolute Gasteiger partial charge is 0.342 e. The van der Waals surface area contributed by atoms with E-state index in [9.17, 15) is 4.79 Å². The fourth-order valence-electron chi connectivity index (χ4n) is 3.04. The van der Waals surface area contributed by atoms with E-state index in [0.717, 1.165) is 22.1 Å². The zero-order chi connectivity index (χ0) is 21.8. The first-order valence-corrected chi connectivity index (χ1v) is 11.3. The number of aryl methyl sites for hydroxylation is 1. The van der Waals surface area contributed by atoms with Gasteiger partial charge in [0.2, 0.25) is 0 Å². The zero-order valence-electron chi connectivity index (χ0n) is 17.3. The SMILES string of the molecule is Cc1cccc(C(=O)NC(c2nnc(SCc3ccc(Cl)c(Cl)c3)n2C)C(C)C)c1. The molecule has 1 amide bonds. The van der Waals surface area contributed by atoms with Crippen molar-refractivity contribution in [1.82, 2.24) is 20.1 Å². The lowest BCUT2D eigenvalue weighted by molar-refractivity contribution is 0.0922. The predicted octanol–water partition coefficient (Wildman–Crippen LogP) is 5.85. The Morgan fingerprint density at radius 2 is 1.90 bits per heavy atom. The molecular formula is C22H24Cl2N4OS. The minimum absolute atomic E-state index is 0.120. The van der Waals surface area contributed by atoms with Gasteiger partial charge in [0.1, 0.15) is 0 Å². The topological polar surface area (TPSA) is 59.8 Å². The Kier molecular flexibility index (Phi) is 7.45. The number of halogens is 2. The van der Waals surface area contributed by atoms with Gasteiger partial charge < -0.3 is 9.88 Å². The van der Waals surface area contributed by atoms with E-state index < -0.39 is 0 Å². The summed E-state index contributed by atoms with van der Waals surface area (Å²) in [5.74, 6) is 1.44. The second kappa shape index (κ2) is 9.86. The molecule has 30 heavy (non-hydrogen) atoms. The summed E-state index contributed by atoms with van der Waals surface area (Å²) < 4.78 is 1.93. The number of nitrogens with zero attached hydrogens (tertiary/aromatic N) is 3. The van der Waals surface area contributed by atoms with E-state index in [1.54, 1.807) is 17.8 Å². The maximum Gasteiger partial charge on any atom is 0.251 e. The molecule has 1 heterocycles. The Labute approximate surface area is 191 Å². The number of carbonyl (C=O) groups is 1. The van der Waals surface area contributed by atoms with Crippen LogP contribution in [0.3, 0.4) is 0 Å². The van der Waals surface area contributed by atoms with Crippen LogP contribution in [0.1, 0.15) is 47.2 Å². The lowest BCUT2D eigenvalue weighted by atomic mass is 10.0. The van der Waals surface area contributed by atoms with E-state index in [0.29, 0.717) is 21.4 Å². The number of hydrogen-bond acceptors (Lipinski definition) is 4. The summed E-state index contributed by atoms with van der Waals surface area (Å²) in [7, 11) is 1.92. The quantitative estimate of drug-likeness (QED) is 0.447. The maximum atomic E-state index is 12.8. The number of rotatable bonds is 7. The first-order chi connectivity index (χ1) is 14.3. The van der Waals surface area contributed by atoms with Crippen LogP contribution < -0.4 is 5.32 Å². The van der Waals surface area contributed by atoms with Crippen LogP contribution in [0.25, 0.3) is 0 Å². The number of nitrogens with one attached hydrogen (secondary N) is 1. The van der Waals surface area contributed by atoms with Crippen molar-refractivity contribution in [2.24, 2.45) is 13.0 Å². The molecule has 0 saturated heterocycles. The fourth-order valence-corrected chi connectivity index (χ4v) is 4.22. The number of hydrogen-bond donors (Lipinski definition) is 1. The third kappa shape index (κ3) is 5.36. The van der Waals surface area contributed by atoms with Gasteiger partial charge in [0.05, 0.1) is 16.1 Å². The summed E-state index contributed by atoms with van der Waals surface area (Å²) in [4.78, 5) is 12.8. The Morgan fingerprint density at radius 3 is 2.57 bits per heavy atom. The summed E-state index contributed by atoms with van der Waals surface area (Å²) in [5.41, 5.74) is 2.73. The third-order valence-electron chi connectivity index (χ3n) is 4.73. The molecule has 1 aromatic heterocycles. The van der Waals surface area contributed by atoms with E-state index in [2.05, 4.69) is 29.4 Å². The van der Waals surface area contributed by atoms with Crippen molar-refractivity contribution in [3.8, 4) is 0 Å². The Hall–Kier alpha value is -2.02. The number of aromatic nitrogens is 3. The first-order valence-electron chi connectivity index (χ1n) is 9.59. The summed E-state index contributed by atoms with van der Waals surface area (Å²) in [5, 5.41) is 13.7. The minimum atomic E-state index is -0.255. The number of benzene rings is 2. The van der Waals surface area contributed by atoms with Gasteiger partial charge in [0.15, 0.2) is 11.0 Å². The maximum absolute atomic E-state index is 12.8. The average molecular weight is 463 g/mol. The normalized spacial score (nSPS) is 12.2. The summed E-state index contributed by atoms with van der Waals surface area (Å²) in [6.45, 7) is 6.08. The number of carbonyl (C=O) groups excluding carboxylic acids is 1. The first kappa shape index (κ1) is 22.7. The fraction of sp³-hybridized carbons (Fsp3) is 0.318. The van der Waals surface area contributed by atoms with Crippen LogP contribution in [-0.2, 0) is 12.8 Å². The molecule has 158 valence electrons. The van der Waals surface area contributed by atoms with Crippen molar-refractivity contribution < 1.29 is 4.79 Å². The molecule has 0 saturated carbocycles. The standard InChI is InChI=1S/C22H24Cl2N4OS/c1-13(2)19(25-21(29)16-7-5-6-14(3)10-16)20-26-27-22(28(20)4)30-12-15-8-9-17(23)18(24)11-15/h5-11,13,19H,12H2,1-4H3,(H,25,29). The predicted molar refractivity (Wildman–Crippen MR) is 123 cm³/mol. The van der Waals surface area contributed by atoms with Crippen molar-refractivity contribution in [2.45, 2.75) is 37.7 Å². The molecule has 5 nitrogen and oxygen atoms in total. The van der Waals surface area contributed by atoms with Crippen molar-refractivity contribution in [2.75, 3.05) is 0 Å². The van der Waals surface area contributed by atoms with Crippen LogP contribution in [0.4, 0.5) is 0 Å². The lowest BCUT2D eigenvalue weighted by Gasteiger charge is -2.22. The molecule has 0 aliphatic heterocycles. The Balaban J connectivity index is 1.75. The van der Waals surface area contributed by atoms with Crippen LogP contribution in [0.15, 0.2) is 47.6 Å². The van der Waals surface area contributed by atoms with Gasteiger partial charge in [-0.1, -0.05) is 72.6 Å². The molecule has 3 rings (SSSR count). The van der Waals surface area contributed by atoms with E-state index >= 15 is 0 Å². The minimum Gasteiger partial charge on any atom is -0.342 e. The van der Waals surface area contributed by atoms with Crippen molar-refractivity contribution >= 4 is 40.9 Å². The Bertz CT molecular complexity index is 1050. The van der Waals surface area contributed by atoms with Gasteiger partial charge in [-0.3, -0.25) is 4.79 Å². The van der Waals surface area contributed by atoms with E-state index in [1.165, 1.54) is 0 Å². The van der Waals surface area contributed by atoms with Gasteiger partial charge in [-0.2, -0.15) is 0 Å². The molecule has 0 bridgehead atoms. The van der Waals surface area contributed by atoms with Crippen molar-refractivity contribution in [3.05, 3.63) is 75.0 Å². The molecule has 0 aliphatic carbocycles. The zero-order valence-corrected chi connectivity index (χ0v) is 19.6. The van der Waals surface area contributed by atoms with Gasteiger partial charge in [0.25, 0.3) is 5.91 Å². The number of amides is 1. The molecule has 2 aromatic carbocycles. The molecule has 1 N–H and O–H groups in total. The van der Waals surface area contributed by atoms with Crippen LogP contribution in [0, 0.1) is 12.8 Å². The van der Waals surface area contributed by atoms with Crippen molar-refractivity contribution in [1.29, 1.82) is 0 Å². The second-order valence-corrected chi connectivity index (χ2v) is 9.26. The Morgan fingerprint density at radius 1 is 1.13 bits per heavy atom. The van der Waals surface area contributed by atoms with Gasteiger partial charge in [-0.25, -0.2) is 0 Å². The summed E-state index contributed by atoms with van der Waals surface area (Å²) in [6, 6.07) is 12.9. The number of thioether (sulfide) groups is 1. The van der Waals surface area contributed by atoms with E-state index in [-0.39, 0.29) is 17.9 Å². The van der Waals surface area contributed by atoms with Gasteiger partial charge in [-0.05, 0) is 42.7 Å². The van der Waals surface area contributed by atoms with Gasteiger partial charge in [-0.15, -0.1) is 10.2 Å². The van der Waals surface area contributed by atoms with Crippen LogP contribution in [0.5, 0.6) is 0 Å². The molecule has 0 aliphatic rings. The molecular weight excluding hydrogens is 439 g/mol. The van der Waals surface area contributed by atoms with E-state index in [4.69, 9.17) is 23.2 Å². The monoisotopic (exact) mass is 462 g/mol. The van der Waals surface area contributed by atoms with Crippen LogP contribution in [0.2, 0.25) is 10.0 Å². The molecule has 0 spiro atoms. The molecule has 0 radical (unpaired) electrons. The highest BCUT2D eigenvalue weighted by molar-refractivity contribution is 7.98. The van der Waals surface area contributed by atoms with Gasteiger partial charge in [0, 0.05) is 18.4 Å². The van der Waals surface area contributed by atoms with Crippen LogP contribution in [-0.4, -0.2) is 20.7 Å². The molecule has 8 heteroatoms. The second-order valence-electron chi connectivity index (χ2n) is 7.50. The van der Waals surface area contributed by atoms with Crippen LogP contribution >= 0.6 is 35.0 Å². The molecule has 0 fully saturated rings. The molecule has 1 unspecified atom stereocenters.